The van der Waals surface area contributed by atoms with E-state index in [0.717, 1.165) is 4.68 Å². The Hall–Kier alpha value is -3.56. The highest BCUT2D eigenvalue weighted by Crippen LogP contribution is 2.23. The van der Waals surface area contributed by atoms with Crippen molar-refractivity contribution in [3.05, 3.63) is 47.3 Å². The lowest BCUT2D eigenvalue weighted by atomic mass is 10.1. The Morgan fingerprint density at radius 2 is 1.72 bits per heavy atom. The van der Waals surface area contributed by atoms with Crippen LogP contribution in [-0.4, -0.2) is 62.7 Å². The van der Waals surface area contributed by atoms with Gasteiger partial charge in [-0.2, -0.15) is 0 Å². The van der Waals surface area contributed by atoms with Gasteiger partial charge >= 0.3 is 5.97 Å². The fraction of sp³-hybridized carbons (Fsp3) is 0.200. The Kier molecular flexibility index (Phi) is 4.01. The number of aromatic nitrogens is 3. The van der Waals surface area contributed by atoms with E-state index in [0.29, 0.717) is 5.06 Å². The molecule has 1 aromatic heterocycles. The molecule has 0 bridgehead atoms. The minimum atomic E-state index is -1.03. The molecule has 0 aliphatic carbocycles. The average molecular weight is 343 g/mol. The molecule has 0 unspecified atom stereocenters. The molecule has 0 spiro atoms. The molecule has 0 fully saturated rings. The van der Waals surface area contributed by atoms with Crippen molar-refractivity contribution >= 4 is 23.7 Å². The zero-order chi connectivity index (χ0) is 18.1. The molecule has 0 N–H and O–H groups in total. The summed E-state index contributed by atoms with van der Waals surface area (Å²) in [6.45, 7) is -0.111. The monoisotopic (exact) mass is 343 g/mol. The number of hydroxylamine groups is 2. The first-order valence-corrected chi connectivity index (χ1v) is 7.19. The summed E-state index contributed by atoms with van der Waals surface area (Å²) in [5.41, 5.74) is 0.0733. The van der Waals surface area contributed by atoms with Crippen molar-refractivity contribution in [1.29, 1.82) is 0 Å². The van der Waals surface area contributed by atoms with Gasteiger partial charge in [0.2, 0.25) is 5.91 Å². The van der Waals surface area contributed by atoms with Crippen LogP contribution in [0.3, 0.4) is 0 Å². The van der Waals surface area contributed by atoms with Crippen LogP contribution in [0.5, 0.6) is 0 Å². The number of imide groups is 1. The third kappa shape index (κ3) is 2.96. The topological polar surface area (TPSA) is 115 Å². The zero-order valence-corrected chi connectivity index (χ0v) is 13.4. The van der Waals surface area contributed by atoms with Gasteiger partial charge < -0.3 is 9.74 Å². The molecule has 2 heterocycles. The van der Waals surface area contributed by atoms with Crippen LogP contribution < -0.4 is 0 Å². The molecule has 1 aliphatic heterocycles. The highest BCUT2D eigenvalue weighted by molar-refractivity contribution is 6.21. The number of benzene rings is 1. The van der Waals surface area contributed by atoms with Gasteiger partial charge in [-0.15, -0.1) is 5.10 Å². The van der Waals surface area contributed by atoms with Crippen LogP contribution in [0.25, 0.3) is 0 Å². The van der Waals surface area contributed by atoms with Crippen LogP contribution >= 0.6 is 0 Å². The van der Waals surface area contributed by atoms with E-state index in [4.69, 9.17) is 4.84 Å². The van der Waals surface area contributed by atoms with Gasteiger partial charge in [0.1, 0.15) is 6.54 Å². The quantitative estimate of drug-likeness (QED) is 0.702. The molecule has 0 saturated carbocycles. The van der Waals surface area contributed by atoms with Crippen LogP contribution in [-0.2, 0) is 16.2 Å². The molecule has 10 nitrogen and oxygen atoms in total. The number of carbonyl (C=O) groups is 4. The minimum absolute atomic E-state index is 0.111. The van der Waals surface area contributed by atoms with Gasteiger partial charge in [0.15, 0.2) is 5.69 Å². The molecule has 0 atom stereocenters. The molecule has 1 aromatic carbocycles. The molecule has 0 saturated heterocycles. The summed E-state index contributed by atoms with van der Waals surface area (Å²) in [6.07, 6.45) is 1.20. The highest BCUT2D eigenvalue weighted by atomic mass is 16.7. The van der Waals surface area contributed by atoms with Crippen molar-refractivity contribution < 1.29 is 24.0 Å². The maximum absolute atomic E-state index is 12.1. The highest BCUT2D eigenvalue weighted by Gasteiger charge is 2.39. The predicted octanol–water partition coefficient (Wildman–Crippen LogP) is -0.266. The maximum Gasteiger partial charge on any atom is 0.385 e. The number of carbonyl (C=O) groups excluding carboxylic acids is 4. The van der Waals surface area contributed by atoms with E-state index in [9.17, 15) is 19.2 Å². The number of nitrogens with zero attached hydrogens (tertiary/aromatic N) is 5. The number of hydrogen-bond donors (Lipinski definition) is 0. The lowest BCUT2D eigenvalue weighted by Crippen LogP contribution is -2.32. The Bertz CT molecular complexity index is 853. The molecule has 10 heteroatoms. The molecule has 2 aromatic rings. The number of fused-ring (bicyclic) bond motifs is 1. The lowest BCUT2D eigenvalue weighted by molar-refractivity contribution is -0.129. The fourth-order valence-corrected chi connectivity index (χ4v) is 2.13. The van der Waals surface area contributed by atoms with Crippen molar-refractivity contribution in [3.63, 3.8) is 0 Å². The van der Waals surface area contributed by atoms with Crippen LogP contribution in [0.1, 0.15) is 31.2 Å². The Balaban J connectivity index is 1.72. The number of rotatable bonds is 4. The zero-order valence-electron chi connectivity index (χ0n) is 13.4. The van der Waals surface area contributed by atoms with E-state index < -0.39 is 17.8 Å². The largest absolute Gasteiger partial charge is 0.385 e. The van der Waals surface area contributed by atoms with Gasteiger partial charge in [0.05, 0.1) is 17.3 Å². The third-order valence-corrected chi connectivity index (χ3v) is 3.47. The summed E-state index contributed by atoms with van der Waals surface area (Å²) in [5, 5.41) is 7.62. The predicted molar refractivity (Wildman–Crippen MR) is 81.1 cm³/mol. The molecule has 3 amide bonds. The maximum atomic E-state index is 12.1. The molecule has 25 heavy (non-hydrogen) atoms. The van der Waals surface area contributed by atoms with E-state index in [1.165, 1.54) is 23.2 Å². The van der Waals surface area contributed by atoms with E-state index in [1.807, 2.05) is 0 Å². The lowest BCUT2D eigenvalue weighted by Gasteiger charge is -2.11. The van der Waals surface area contributed by atoms with E-state index in [2.05, 4.69) is 10.3 Å². The van der Waals surface area contributed by atoms with E-state index in [1.54, 1.807) is 26.2 Å². The average Bonchev–Trinajstić information content (AvgIpc) is 3.14. The first-order chi connectivity index (χ1) is 11.9. The number of hydrogen-bond acceptors (Lipinski definition) is 7. The van der Waals surface area contributed by atoms with Gasteiger partial charge in [0.25, 0.3) is 11.8 Å². The Labute approximate surface area is 141 Å². The Morgan fingerprint density at radius 1 is 1.12 bits per heavy atom. The van der Waals surface area contributed by atoms with Gasteiger partial charge in [0, 0.05) is 14.1 Å². The standard InChI is InChI=1S/C15H13N5O5/c1-18(2)12(21)8-19-7-11(16-17-19)15(24)25-20-13(22)9-5-3-4-6-10(9)14(20)23/h3-7H,8H2,1-2H3. The van der Waals surface area contributed by atoms with Crippen molar-refractivity contribution in [2.45, 2.75) is 6.54 Å². The van der Waals surface area contributed by atoms with Crippen molar-refractivity contribution in [3.8, 4) is 0 Å². The van der Waals surface area contributed by atoms with Crippen molar-refractivity contribution in [2.24, 2.45) is 0 Å². The van der Waals surface area contributed by atoms with Gasteiger partial charge in [-0.25, -0.2) is 9.48 Å². The van der Waals surface area contributed by atoms with Crippen molar-refractivity contribution in [1.82, 2.24) is 25.0 Å². The second kappa shape index (κ2) is 6.15. The first-order valence-electron chi connectivity index (χ1n) is 7.19. The summed E-state index contributed by atoms with van der Waals surface area (Å²) < 4.78 is 1.15. The van der Waals surface area contributed by atoms with Gasteiger partial charge in [-0.05, 0) is 12.1 Å². The van der Waals surface area contributed by atoms with Crippen LogP contribution in [0, 0.1) is 0 Å². The summed E-state index contributed by atoms with van der Waals surface area (Å²) in [5.74, 6) is -2.74. The normalized spacial score (nSPS) is 13.0. The summed E-state index contributed by atoms with van der Waals surface area (Å²) in [6, 6.07) is 6.13. The minimum Gasteiger partial charge on any atom is -0.347 e. The summed E-state index contributed by atoms with van der Waals surface area (Å²) >= 11 is 0. The van der Waals surface area contributed by atoms with E-state index >= 15 is 0 Å². The SMILES string of the molecule is CN(C)C(=O)Cn1cc(C(=O)ON2C(=O)c3ccccc3C2=O)nn1. The second-order valence-electron chi connectivity index (χ2n) is 5.42. The van der Waals surface area contributed by atoms with Gasteiger partial charge in [-0.3, -0.25) is 14.4 Å². The molecular formula is C15H13N5O5. The Morgan fingerprint density at radius 3 is 2.28 bits per heavy atom. The summed E-state index contributed by atoms with van der Waals surface area (Å²) in [4.78, 5) is 54.2. The summed E-state index contributed by atoms with van der Waals surface area (Å²) in [7, 11) is 3.16. The molecule has 128 valence electrons. The van der Waals surface area contributed by atoms with Gasteiger partial charge in [-0.1, -0.05) is 22.4 Å². The first kappa shape index (κ1) is 16.3. The fourth-order valence-electron chi connectivity index (χ4n) is 2.13. The van der Waals surface area contributed by atoms with Crippen LogP contribution in [0.4, 0.5) is 0 Å². The number of amides is 3. The molecular weight excluding hydrogens is 330 g/mol. The number of likely N-dealkylation sites (N-methyl/N-ethyl adjacent to an activating group) is 1. The molecule has 0 radical (unpaired) electrons. The van der Waals surface area contributed by atoms with E-state index in [-0.39, 0.29) is 29.3 Å². The second-order valence-corrected chi connectivity index (χ2v) is 5.42. The van der Waals surface area contributed by atoms with Crippen molar-refractivity contribution in [2.75, 3.05) is 14.1 Å². The van der Waals surface area contributed by atoms with Crippen LogP contribution in [0.15, 0.2) is 30.5 Å². The molecule has 1 aliphatic rings. The van der Waals surface area contributed by atoms with Crippen LogP contribution in [0.2, 0.25) is 0 Å². The third-order valence-electron chi connectivity index (χ3n) is 3.47. The smallest absolute Gasteiger partial charge is 0.347 e. The molecule has 3 rings (SSSR count).